The molecule has 6 nitrogen and oxygen atoms in total. The van der Waals surface area contributed by atoms with E-state index in [0.29, 0.717) is 19.3 Å². The molecule has 0 N–H and O–H groups in total. The molecular weight excluding hydrogens is 841 g/mol. The standard InChI is InChI=1S/C62H110O6/c1-4-7-10-13-16-19-22-25-27-29-31-33-34-37-40-43-46-49-52-55-61(64)67-58-59(57-66-60(63)54-51-48-45-42-39-36-24-21-18-15-12-9-6-3)68-62(65)56-53-50-47-44-41-38-35-32-30-28-26-23-20-17-14-11-8-5-2/h28-32,35-36,39,45,48,59H,4-27,33-34,37-38,40-44,46-47,49-58H2,1-3H3/b30-28-,31-29-,35-32-,39-36-,48-45-. The van der Waals surface area contributed by atoms with E-state index in [0.717, 1.165) is 70.6 Å². The lowest BCUT2D eigenvalue weighted by molar-refractivity contribution is -0.166. The molecule has 68 heavy (non-hydrogen) atoms. The molecule has 0 aliphatic heterocycles. The van der Waals surface area contributed by atoms with Crippen LogP contribution in [-0.2, 0) is 28.6 Å². The van der Waals surface area contributed by atoms with Crippen LogP contribution in [0.5, 0.6) is 0 Å². The van der Waals surface area contributed by atoms with Crippen LogP contribution in [0.3, 0.4) is 0 Å². The van der Waals surface area contributed by atoms with Crippen molar-refractivity contribution in [3.8, 4) is 0 Å². The summed E-state index contributed by atoms with van der Waals surface area (Å²) in [7, 11) is 0. The topological polar surface area (TPSA) is 78.9 Å². The number of unbranched alkanes of at least 4 members (excludes halogenated alkanes) is 33. The van der Waals surface area contributed by atoms with E-state index < -0.39 is 6.10 Å². The lowest BCUT2D eigenvalue weighted by atomic mass is 10.1. The van der Waals surface area contributed by atoms with E-state index in [1.807, 2.05) is 6.08 Å². The molecule has 0 saturated carbocycles. The summed E-state index contributed by atoms with van der Waals surface area (Å²) >= 11 is 0. The summed E-state index contributed by atoms with van der Waals surface area (Å²) in [5.41, 5.74) is 0. The summed E-state index contributed by atoms with van der Waals surface area (Å²) in [6, 6.07) is 0. The second kappa shape index (κ2) is 56.7. The van der Waals surface area contributed by atoms with Gasteiger partial charge in [-0.15, -0.1) is 0 Å². The third-order valence-corrected chi connectivity index (χ3v) is 12.8. The van der Waals surface area contributed by atoms with Crippen molar-refractivity contribution >= 4 is 17.9 Å². The molecule has 0 rings (SSSR count). The van der Waals surface area contributed by atoms with Crippen molar-refractivity contribution in [2.75, 3.05) is 13.2 Å². The molecule has 0 saturated heterocycles. The molecule has 1 atom stereocenters. The minimum atomic E-state index is -0.806. The summed E-state index contributed by atoms with van der Waals surface area (Å²) in [5.74, 6) is -0.979. The molecule has 0 aliphatic rings. The molecule has 0 aromatic carbocycles. The minimum absolute atomic E-state index is 0.0990. The average Bonchev–Trinajstić information content (AvgIpc) is 3.34. The van der Waals surface area contributed by atoms with Gasteiger partial charge in [-0.25, -0.2) is 0 Å². The molecule has 1 unspecified atom stereocenters. The highest BCUT2D eigenvalue weighted by molar-refractivity contribution is 5.71. The van der Waals surface area contributed by atoms with Crippen LogP contribution >= 0.6 is 0 Å². The predicted octanol–water partition coefficient (Wildman–Crippen LogP) is 19.6. The Hall–Kier alpha value is -2.89. The molecule has 394 valence electrons. The minimum Gasteiger partial charge on any atom is -0.462 e. The van der Waals surface area contributed by atoms with E-state index in [1.54, 1.807) is 0 Å². The highest BCUT2D eigenvalue weighted by atomic mass is 16.6. The third kappa shape index (κ3) is 54.1. The van der Waals surface area contributed by atoms with Gasteiger partial charge >= 0.3 is 17.9 Å². The van der Waals surface area contributed by atoms with E-state index in [2.05, 4.69) is 75.5 Å². The molecule has 0 aliphatic carbocycles. The van der Waals surface area contributed by atoms with Crippen LogP contribution in [0.25, 0.3) is 0 Å². The van der Waals surface area contributed by atoms with Gasteiger partial charge in [0.15, 0.2) is 6.10 Å². The fourth-order valence-corrected chi connectivity index (χ4v) is 8.31. The summed E-state index contributed by atoms with van der Waals surface area (Å²) < 4.78 is 16.8. The van der Waals surface area contributed by atoms with Crippen LogP contribution in [0.1, 0.15) is 297 Å². The van der Waals surface area contributed by atoms with Gasteiger partial charge in [-0.05, 0) is 89.9 Å². The fourth-order valence-electron chi connectivity index (χ4n) is 8.31. The Morgan fingerprint density at radius 2 is 0.603 bits per heavy atom. The lowest BCUT2D eigenvalue weighted by Crippen LogP contribution is -2.30. The zero-order valence-electron chi connectivity index (χ0n) is 45.1. The largest absolute Gasteiger partial charge is 0.462 e. The summed E-state index contributed by atoms with van der Waals surface area (Å²) in [6.07, 6.45) is 70.8. The van der Waals surface area contributed by atoms with Crippen molar-refractivity contribution in [2.24, 2.45) is 0 Å². The van der Waals surface area contributed by atoms with Gasteiger partial charge in [0.25, 0.3) is 0 Å². The number of carbonyl (C=O) groups excluding carboxylic acids is 3. The maximum Gasteiger partial charge on any atom is 0.306 e. The molecule has 0 aromatic heterocycles. The van der Waals surface area contributed by atoms with Crippen molar-refractivity contribution < 1.29 is 28.6 Å². The van der Waals surface area contributed by atoms with Gasteiger partial charge < -0.3 is 14.2 Å². The first-order chi connectivity index (χ1) is 33.5. The van der Waals surface area contributed by atoms with Crippen LogP contribution in [0.2, 0.25) is 0 Å². The van der Waals surface area contributed by atoms with Crippen molar-refractivity contribution in [3.05, 3.63) is 60.8 Å². The molecule has 6 heteroatoms. The summed E-state index contributed by atoms with van der Waals surface area (Å²) in [5, 5.41) is 0. The third-order valence-electron chi connectivity index (χ3n) is 12.8. The summed E-state index contributed by atoms with van der Waals surface area (Å²) in [4.78, 5) is 38.1. The Labute approximate surface area is 421 Å². The monoisotopic (exact) mass is 951 g/mol. The molecule has 0 spiro atoms. The van der Waals surface area contributed by atoms with Gasteiger partial charge in [-0.1, -0.05) is 248 Å². The average molecular weight is 952 g/mol. The number of hydrogen-bond acceptors (Lipinski definition) is 6. The van der Waals surface area contributed by atoms with Gasteiger partial charge in [0.05, 0.1) is 0 Å². The second-order valence-corrected chi connectivity index (χ2v) is 19.6. The first kappa shape index (κ1) is 65.1. The van der Waals surface area contributed by atoms with Gasteiger partial charge in [0.2, 0.25) is 0 Å². The van der Waals surface area contributed by atoms with Crippen LogP contribution in [-0.4, -0.2) is 37.2 Å². The molecule has 0 bridgehead atoms. The quantitative estimate of drug-likeness (QED) is 0.0199. The summed E-state index contributed by atoms with van der Waals surface area (Å²) in [6.45, 7) is 6.58. The van der Waals surface area contributed by atoms with Crippen molar-refractivity contribution in [3.63, 3.8) is 0 Å². The zero-order chi connectivity index (χ0) is 49.3. The van der Waals surface area contributed by atoms with Crippen molar-refractivity contribution in [1.29, 1.82) is 0 Å². The SMILES string of the molecule is CCCCCCCC/C=C\C/C=C\CCC(=O)OCC(COC(=O)CCCCCCCCC/C=C\CCCCCCCCCC)OC(=O)CCCCCCC/C=C\C=C/CCCCCCCCC. The number of esters is 3. The molecular formula is C62H110O6. The van der Waals surface area contributed by atoms with Crippen LogP contribution in [0.15, 0.2) is 60.8 Å². The van der Waals surface area contributed by atoms with E-state index in [9.17, 15) is 14.4 Å². The van der Waals surface area contributed by atoms with Crippen LogP contribution in [0, 0.1) is 0 Å². The lowest BCUT2D eigenvalue weighted by Gasteiger charge is -2.18. The smallest absolute Gasteiger partial charge is 0.306 e. The molecule has 0 heterocycles. The van der Waals surface area contributed by atoms with E-state index >= 15 is 0 Å². The predicted molar refractivity (Wildman–Crippen MR) is 293 cm³/mol. The van der Waals surface area contributed by atoms with E-state index in [-0.39, 0.29) is 37.5 Å². The van der Waals surface area contributed by atoms with E-state index in [1.165, 1.54) is 180 Å². The highest BCUT2D eigenvalue weighted by Crippen LogP contribution is 2.15. The van der Waals surface area contributed by atoms with Gasteiger partial charge in [0.1, 0.15) is 13.2 Å². The number of allylic oxidation sites excluding steroid dienone is 10. The highest BCUT2D eigenvalue weighted by Gasteiger charge is 2.19. The Morgan fingerprint density at radius 3 is 1.00 bits per heavy atom. The second-order valence-electron chi connectivity index (χ2n) is 19.6. The van der Waals surface area contributed by atoms with Gasteiger partial charge in [-0.3, -0.25) is 14.4 Å². The molecule has 0 fully saturated rings. The van der Waals surface area contributed by atoms with Crippen LogP contribution < -0.4 is 0 Å². The van der Waals surface area contributed by atoms with Gasteiger partial charge in [-0.2, -0.15) is 0 Å². The first-order valence-corrected chi connectivity index (χ1v) is 29.3. The number of carbonyl (C=O) groups is 3. The zero-order valence-corrected chi connectivity index (χ0v) is 45.1. The molecule has 0 aromatic rings. The Balaban J connectivity index is 4.42. The number of hydrogen-bond donors (Lipinski definition) is 0. The van der Waals surface area contributed by atoms with Crippen molar-refractivity contribution in [1.82, 2.24) is 0 Å². The van der Waals surface area contributed by atoms with Gasteiger partial charge in [0, 0.05) is 19.3 Å². The molecule has 0 radical (unpaired) electrons. The fraction of sp³-hybridized carbons (Fsp3) is 0.790. The number of ether oxygens (including phenoxy) is 3. The van der Waals surface area contributed by atoms with E-state index in [4.69, 9.17) is 14.2 Å². The van der Waals surface area contributed by atoms with Crippen molar-refractivity contribution in [2.45, 2.75) is 303 Å². The maximum absolute atomic E-state index is 12.8. The van der Waals surface area contributed by atoms with Crippen LogP contribution in [0.4, 0.5) is 0 Å². The first-order valence-electron chi connectivity index (χ1n) is 29.3. The Kier molecular flexibility index (Phi) is 54.3. The molecule has 0 amide bonds. The normalized spacial score (nSPS) is 12.5. The Morgan fingerprint density at radius 1 is 0.309 bits per heavy atom. The Bertz CT molecular complexity index is 1230. The maximum atomic E-state index is 12.8. The number of rotatable bonds is 53.